The number of alkyl halides is 3. The molecule has 0 spiro atoms. The molecule has 1 aliphatic heterocycles. The summed E-state index contributed by atoms with van der Waals surface area (Å²) in [6.45, 7) is 6.56. The van der Waals surface area contributed by atoms with Crippen LogP contribution in [-0.2, 0) is 12.6 Å². The van der Waals surface area contributed by atoms with Gasteiger partial charge >= 0.3 is 6.18 Å². The summed E-state index contributed by atoms with van der Waals surface area (Å²) in [4.78, 5) is 13.6. The Morgan fingerprint density at radius 1 is 1.24 bits per heavy atom. The Labute approximate surface area is 173 Å². The summed E-state index contributed by atoms with van der Waals surface area (Å²) in [5.74, 6) is 3.11. The third-order valence-corrected chi connectivity index (χ3v) is 5.75. The van der Waals surface area contributed by atoms with E-state index in [2.05, 4.69) is 16.8 Å². The van der Waals surface area contributed by atoms with Crippen LogP contribution in [0.4, 0.5) is 30.5 Å². The average molecular weight is 425 g/mol. The quantitative estimate of drug-likeness (QED) is 0.588. The van der Waals surface area contributed by atoms with Crippen LogP contribution >= 0.6 is 11.6 Å². The van der Waals surface area contributed by atoms with Gasteiger partial charge < -0.3 is 9.80 Å². The van der Waals surface area contributed by atoms with E-state index in [9.17, 15) is 13.2 Å². The molecule has 29 heavy (non-hydrogen) atoms. The molecule has 0 unspecified atom stereocenters. The molecule has 0 saturated heterocycles. The van der Waals surface area contributed by atoms with Gasteiger partial charge in [-0.25, -0.2) is 9.97 Å². The molecule has 1 aliphatic carbocycles. The molecule has 4 rings (SSSR count). The molecule has 8 heteroatoms. The molecule has 1 aromatic carbocycles. The Balaban J connectivity index is 1.71. The van der Waals surface area contributed by atoms with Crippen molar-refractivity contribution in [2.24, 2.45) is 5.92 Å². The van der Waals surface area contributed by atoms with E-state index in [0.29, 0.717) is 18.1 Å². The molecule has 1 aromatic heterocycles. The number of hydrogen-bond acceptors (Lipinski definition) is 4. The van der Waals surface area contributed by atoms with Gasteiger partial charge in [-0.1, -0.05) is 18.5 Å². The van der Waals surface area contributed by atoms with E-state index >= 15 is 0 Å². The second kappa shape index (κ2) is 7.67. The van der Waals surface area contributed by atoms with Crippen LogP contribution in [0.1, 0.15) is 43.1 Å². The van der Waals surface area contributed by atoms with Crippen LogP contribution in [0.25, 0.3) is 0 Å². The van der Waals surface area contributed by atoms with Crippen LogP contribution in [-0.4, -0.2) is 29.6 Å². The number of rotatable bonds is 6. The van der Waals surface area contributed by atoms with Gasteiger partial charge in [-0.2, -0.15) is 13.2 Å². The second-order valence-corrected chi connectivity index (χ2v) is 8.26. The van der Waals surface area contributed by atoms with E-state index in [1.54, 1.807) is 0 Å². The molecule has 1 saturated carbocycles. The van der Waals surface area contributed by atoms with Gasteiger partial charge in [0.15, 0.2) is 0 Å². The highest BCUT2D eigenvalue weighted by Gasteiger charge is 2.34. The zero-order chi connectivity index (χ0) is 20.8. The van der Waals surface area contributed by atoms with Crippen molar-refractivity contribution in [1.29, 1.82) is 0 Å². The summed E-state index contributed by atoms with van der Waals surface area (Å²) in [6.07, 6.45) is -0.119. The van der Waals surface area contributed by atoms with Crippen molar-refractivity contribution in [3.05, 3.63) is 40.2 Å². The highest BCUT2D eigenvalue weighted by molar-refractivity contribution is 6.33. The molecule has 0 atom stereocenters. The number of aromatic nitrogens is 2. The number of benzene rings is 1. The van der Waals surface area contributed by atoms with Crippen LogP contribution in [0.3, 0.4) is 0 Å². The summed E-state index contributed by atoms with van der Waals surface area (Å²) in [5, 5.41) is 0.0777. The SMILES string of the molecule is CCCN(CC1CC1)c1nc(C)nc2c1CCN2c1ccc(C(F)(F)F)cc1Cl. The molecule has 0 N–H and O–H groups in total. The highest BCUT2D eigenvalue weighted by atomic mass is 35.5. The van der Waals surface area contributed by atoms with Crippen molar-refractivity contribution in [3.63, 3.8) is 0 Å². The summed E-state index contributed by atoms with van der Waals surface area (Å²) < 4.78 is 39.0. The predicted molar refractivity (Wildman–Crippen MR) is 109 cm³/mol. The molecular weight excluding hydrogens is 401 g/mol. The van der Waals surface area contributed by atoms with Gasteiger partial charge in [0, 0.05) is 25.2 Å². The van der Waals surface area contributed by atoms with E-state index in [0.717, 1.165) is 61.2 Å². The summed E-state index contributed by atoms with van der Waals surface area (Å²) in [6, 6.07) is 3.50. The predicted octanol–water partition coefficient (Wildman–Crippen LogP) is 5.78. The van der Waals surface area contributed by atoms with Gasteiger partial charge in [0.2, 0.25) is 0 Å². The Morgan fingerprint density at radius 3 is 2.62 bits per heavy atom. The largest absolute Gasteiger partial charge is 0.416 e. The first-order valence-corrected chi connectivity index (χ1v) is 10.4. The summed E-state index contributed by atoms with van der Waals surface area (Å²) in [7, 11) is 0. The summed E-state index contributed by atoms with van der Waals surface area (Å²) in [5.41, 5.74) is 0.858. The van der Waals surface area contributed by atoms with E-state index in [-0.39, 0.29) is 5.02 Å². The van der Waals surface area contributed by atoms with Crippen LogP contribution in [0.15, 0.2) is 18.2 Å². The van der Waals surface area contributed by atoms with E-state index in [1.165, 1.54) is 18.9 Å². The second-order valence-electron chi connectivity index (χ2n) is 7.85. The minimum absolute atomic E-state index is 0.0777. The molecule has 156 valence electrons. The maximum Gasteiger partial charge on any atom is 0.416 e. The maximum atomic E-state index is 13.0. The van der Waals surface area contributed by atoms with E-state index in [4.69, 9.17) is 16.6 Å². The smallest absolute Gasteiger partial charge is 0.356 e. The molecule has 2 aliphatic rings. The number of anilines is 3. The number of fused-ring (bicyclic) bond motifs is 1. The van der Waals surface area contributed by atoms with Gasteiger partial charge in [-0.15, -0.1) is 0 Å². The standard InChI is InChI=1S/C21H24ClF3N4/c1-3-9-28(12-14-4-5-14)19-16-8-10-29(20(16)27-13(2)26-19)18-7-6-15(11-17(18)22)21(23,24)25/h6-7,11,14H,3-5,8-10,12H2,1-2H3. The number of hydrogen-bond donors (Lipinski definition) is 0. The Morgan fingerprint density at radius 2 is 2.00 bits per heavy atom. The van der Waals surface area contributed by atoms with Crippen LogP contribution < -0.4 is 9.80 Å². The zero-order valence-electron chi connectivity index (χ0n) is 16.6. The molecule has 0 radical (unpaired) electrons. The van der Waals surface area contributed by atoms with Crippen molar-refractivity contribution in [2.75, 3.05) is 29.4 Å². The van der Waals surface area contributed by atoms with Gasteiger partial charge in [0.1, 0.15) is 17.5 Å². The lowest BCUT2D eigenvalue weighted by Crippen LogP contribution is -2.29. The fraction of sp³-hybridized carbons (Fsp3) is 0.524. The first-order chi connectivity index (χ1) is 13.8. The van der Waals surface area contributed by atoms with Crippen molar-refractivity contribution in [2.45, 2.75) is 45.7 Å². The fourth-order valence-electron chi connectivity index (χ4n) is 3.91. The fourth-order valence-corrected chi connectivity index (χ4v) is 4.19. The number of nitrogens with zero attached hydrogens (tertiary/aromatic N) is 4. The summed E-state index contributed by atoms with van der Waals surface area (Å²) >= 11 is 6.26. The molecule has 0 amide bonds. The topological polar surface area (TPSA) is 32.3 Å². The molecular formula is C21H24ClF3N4. The molecule has 2 aromatic rings. The number of aryl methyl sites for hydroxylation is 1. The molecule has 0 bridgehead atoms. The van der Waals surface area contributed by atoms with Crippen LogP contribution in [0.2, 0.25) is 5.02 Å². The minimum Gasteiger partial charge on any atom is -0.356 e. The Bertz CT molecular complexity index is 912. The van der Waals surface area contributed by atoms with Crippen LogP contribution in [0, 0.1) is 12.8 Å². The highest BCUT2D eigenvalue weighted by Crippen LogP contribution is 2.42. The normalized spacial score (nSPS) is 16.3. The third-order valence-electron chi connectivity index (χ3n) is 5.45. The van der Waals surface area contributed by atoms with Crippen LogP contribution in [0.5, 0.6) is 0 Å². The van der Waals surface area contributed by atoms with E-state index < -0.39 is 11.7 Å². The maximum absolute atomic E-state index is 13.0. The molecule has 1 fully saturated rings. The molecule has 2 heterocycles. The van der Waals surface area contributed by atoms with Gasteiger partial charge in [-0.05, 0) is 56.7 Å². The number of halogens is 4. The van der Waals surface area contributed by atoms with Crippen molar-refractivity contribution in [3.8, 4) is 0 Å². The van der Waals surface area contributed by atoms with Gasteiger partial charge in [-0.3, -0.25) is 0 Å². The van der Waals surface area contributed by atoms with Gasteiger partial charge in [0.25, 0.3) is 0 Å². The van der Waals surface area contributed by atoms with Gasteiger partial charge in [0.05, 0.1) is 16.3 Å². The minimum atomic E-state index is -4.42. The third kappa shape index (κ3) is 4.15. The lowest BCUT2D eigenvalue weighted by molar-refractivity contribution is -0.137. The average Bonchev–Trinajstić information content (AvgIpc) is 3.37. The monoisotopic (exact) mass is 424 g/mol. The first-order valence-electron chi connectivity index (χ1n) is 10.0. The first kappa shape index (κ1) is 20.3. The molecule has 4 nitrogen and oxygen atoms in total. The van der Waals surface area contributed by atoms with Crippen molar-refractivity contribution < 1.29 is 13.2 Å². The van der Waals surface area contributed by atoms with Crippen molar-refractivity contribution in [1.82, 2.24) is 9.97 Å². The van der Waals surface area contributed by atoms with Crippen molar-refractivity contribution >= 4 is 28.9 Å². The zero-order valence-corrected chi connectivity index (χ0v) is 17.3. The Hall–Kier alpha value is -2.02. The Kier molecular flexibility index (Phi) is 5.36. The lowest BCUT2D eigenvalue weighted by Gasteiger charge is -2.26. The lowest BCUT2D eigenvalue weighted by atomic mass is 10.2. The van der Waals surface area contributed by atoms with E-state index in [1.807, 2.05) is 11.8 Å².